The Morgan fingerprint density at radius 1 is 1.14 bits per heavy atom. The Morgan fingerprint density at radius 3 is 2.72 bits per heavy atom. The molecular formula is C22H26N4O3. The minimum absolute atomic E-state index is 0.000701. The van der Waals surface area contributed by atoms with Crippen molar-refractivity contribution in [1.82, 2.24) is 14.8 Å². The molecule has 0 spiro atoms. The fourth-order valence-corrected chi connectivity index (χ4v) is 3.78. The number of amides is 2. The maximum atomic E-state index is 12.9. The normalized spacial score (nSPS) is 19.9. The van der Waals surface area contributed by atoms with Crippen molar-refractivity contribution in [2.24, 2.45) is 0 Å². The third-order valence-electron chi connectivity index (χ3n) is 5.39. The lowest BCUT2D eigenvalue weighted by Crippen LogP contribution is -2.48. The maximum Gasteiger partial charge on any atom is 0.254 e. The number of carbonyl (C=O) groups excluding carboxylic acids is 2. The van der Waals surface area contributed by atoms with Gasteiger partial charge in [0.2, 0.25) is 0 Å². The summed E-state index contributed by atoms with van der Waals surface area (Å²) in [5, 5.41) is 2.87. The summed E-state index contributed by atoms with van der Waals surface area (Å²) in [5.41, 5.74) is 2.41. The van der Waals surface area contributed by atoms with Crippen LogP contribution in [-0.2, 0) is 16.1 Å². The predicted molar refractivity (Wildman–Crippen MR) is 109 cm³/mol. The number of pyridine rings is 1. The van der Waals surface area contributed by atoms with Crippen molar-refractivity contribution >= 4 is 17.5 Å². The first-order valence-corrected chi connectivity index (χ1v) is 10.1. The van der Waals surface area contributed by atoms with Crippen molar-refractivity contribution in [3.63, 3.8) is 0 Å². The SMILES string of the molecule is O=C(Nc1cccc(C(=O)N2CCN(Cc3cccnc3)CC2)c1)C1CCCO1. The molecule has 2 fully saturated rings. The van der Waals surface area contributed by atoms with Gasteiger partial charge < -0.3 is 15.0 Å². The first-order valence-electron chi connectivity index (χ1n) is 10.1. The number of aromatic nitrogens is 1. The van der Waals surface area contributed by atoms with Gasteiger partial charge in [-0.25, -0.2) is 0 Å². The van der Waals surface area contributed by atoms with E-state index in [1.165, 1.54) is 5.56 Å². The second kappa shape index (κ2) is 9.15. The zero-order valence-corrected chi connectivity index (χ0v) is 16.4. The van der Waals surface area contributed by atoms with E-state index in [1.807, 2.05) is 17.2 Å². The van der Waals surface area contributed by atoms with Gasteiger partial charge in [-0.3, -0.25) is 19.5 Å². The van der Waals surface area contributed by atoms with Crippen LogP contribution in [0.15, 0.2) is 48.8 Å². The number of nitrogens with one attached hydrogen (secondary N) is 1. The van der Waals surface area contributed by atoms with Crippen molar-refractivity contribution < 1.29 is 14.3 Å². The molecule has 1 unspecified atom stereocenters. The number of hydrogen-bond donors (Lipinski definition) is 1. The molecule has 2 aromatic rings. The molecule has 152 valence electrons. The Morgan fingerprint density at radius 2 is 2.00 bits per heavy atom. The van der Waals surface area contributed by atoms with Crippen molar-refractivity contribution in [3.8, 4) is 0 Å². The second-order valence-electron chi connectivity index (χ2n) is 7.50. The van der Waals surface area contributed by atoms with Gasteiger partial charge in [-0.2, -0.15) is 0 Å². The fraction of sp³-hybridized carbons (Fsp3) is 0.409. The van der Waals surface area contributed by atoms with E-state index in [9.17, 15) is 9.59 Å². The molecule has 7 heteroatoms. The lowest BCUT2D eigenvalue weighted by Gasteiger charge is -2.34. The maximum absolute atomic E-state index is 12.9. The van der Waals surface area contributed by atoms with Gasteiger partial charge in [-0.15, -0.1) is 0 Å². The van der Waals surface area contributed by atoms with Crippen LogP contribution in [0, 0.1) is 0 Å². The van der Waals surface area contributed by atoms with Crippen molar-refractivity contribution in [2.45, 2.75) is 25.5 Å². The Kier molecular flexibility index (Phi) is 6.17. The van der Waals surface area contributed by atoms with Crippen LogP contribution >= 0.6 is 0 Å². The Labute approximate surface area is 170 Å². The zero-order chi connectivity index (χ0) is 20.1. The first kappa shape index (κ1) is 19.5. The summed E-state index contributed by atoms with van der Waals surface area (Å²) in [5.74, 6) is -0.143. The minimum Gasteiger partial charge on any atom is -0.368 e. The minimum atomic E-state index is -0.387. The van der Waals surface area contributed by atoms with Crippen LogP contribution < -0.4 is 5.32 Å². The first-order chi connectivity index (χ1) is 14.2. The Hall–Kier alpha value is -2.77. The van der Waals surface area contributed by atoms with Gasteiger partial charge in [0.25, 0.3) is 11.8 Å². The number of rotatable bonds is 5. The van der Waals surface area contributed by atoms with Gasteiger partial charge in [-0.1, -0.05) is 12.1 Å². The third kappa shape index (κ3) is 4.99. The molecule has 4 rings (SSSR count). The molecule has 1 aromatic carbocycles. The molecular weight excluding hydrogens is 368 g/mol. The van der Waals surface area contributed by atoms with Gasteiger partial charge in [-0.05, 0) is 42.7 Å². The Balaban J connectivity index is 1.32. The molecule has 2 aliphatic heterocycles. The topological polar surface area (TPSA) is 74.8 Å². The van der Waals surface area contributed by atoms with E-state index >= 15 is 0 Å². The molecule has 2 aliphatic rings. The van der Waals surface area contributed by atoms with E-state index in [0.717, 1.165) is 32.5 Å². The highest BCUT2D eigenvalue weighted by Gasteiger charge is 2.25. The number of piperazine rings is 1. The van der Waals surface area contributed by atoms with E-state index in [1.54, 1.807) is 30.5 Å². The quantitative estimate of drug-likeness (QED) is 0.841. The van der Waals surface area contributed by atoms with Crippen LogP contribution in [0.3, 0.4) is 0 Å². The van der Waals surface area contributed by atoms with E-state index in [0.29, 0.717) is 30.9 Å². The molecule has 7 nitrogen and oxygen atoms in total. The van der Waals surface area contributed by atoms with Gasteiger partial charge in [0.15, 0.2) is 0 Å². The molecule has 0 aliphatic carbocycles. The van der Waals surface area contributed by atoms with E-state index < -0.39 is 0 Å². The lowest BCUT2D eigenvalue weighted by molar-refractivity contribution is -0.124. The van der Waals surface area contributed by atoms with Crippen LogP contribution in [0.25, 0.3) is 0 Å². The van der Waals surface area contributed by atoms with Crippen LogP contribution in [0.1, 0.15) is 28.8 Å². The predicted octanol–water partition coefficient (Wildman–Crippen LogP) is 2.16. The lowest BCUT2D eigenvalue weighted by atomic mass is 10.1. The number of hydrogen-bond acceptors (Lipinski definition) is 5. The fourth-order valence-electron chi connectivity index (χ4n) is 3.78. The van der Waals surface area contributed by atoms with E-state index in [4.69, 9.17) is 4.74 Å². The molecule has 2 saturated heterocycles. The molecule has 0 radical (unpaired) electrons. The highest BCUT2D eigenvalue weighted by atomic mass is 16.5. The van der Waals surface area contributed by atoms with Gasteiger partial charge >= 0.3 is 0 Å². The number of ether oxygens (including phenoxy) is 1. The third-order valence-corrected chi connectivity index (χ3v) is 5.39. The second-order valence-corrected chi connectivity index (χ2v) is 7.50. The van der Waals surface area contributed by atoms with Crippen LogP contribution in [-0.4, -0.2) is 65.5 Å². The molecule has 0 saturated carbocycles. The Bertz CT molecular complexity index is 844. The molecule has 2 amide bonds. The molecule has 1 N–H and O–H groups in total. The largest absolute Gasteiger partial charge is 0.368 e. The number of anilines is 1. The zero-order valence-electron chi connectivity index (χ0n) is 16.4. The van der Waals surface area contributed by atoms with Crippen LogP contribution in [0.4, 0.5) is 5.69 Å². The number of carbonyl (C=O) groups is 2. The molecule has 29 heavy (non-hydrogen) atoms. The molecule has 3 heterocycles. The van der Waals surface area contributed by atoms with Crippen LogP contribution in [0.5, 0.6) is 0 Å². The standard InChI is InChI=1S/C22H26N4O3/c27-21(20-7-3-13-29-20)24-19-6-1-5-18(14-19)22(28)26-11-9-25(10-12-26)16-17-4-2-8-23-15-17/h1-2,4-6,8,14-15,20H,3,7,9-13,16H2,(H,24,27). The highest BCUT2D eigenvalue weighted by Crippen LogP contribution is 2.18. The smallest absolute Gasteiger partial charge is 0.254 e. The van der Waals surface area contributed by atoms with Gasteiger partial charge in [0, 0.05) is 63.0 Å². The average molecular weight is 394 g/mol. The molecule has 0 bridgehead atoms. The summed E-state index contributed by atoms with van der Waals surface area (Å²) >= 11 is 0. The summed E-state index contributed by atoms with van der Waals surface area (Å²) in [6, 6.07) is 11.2. The number of nitrogens with zero attached hydrogens (tertiary/aromatic N) is 3. The molecule has 1 atom stereocenters. The highest BCUT2D eigenvalue weighted by molar-refractivity contribution is 5.98. The van der Waals surface area contributed by atoms with Gasteiger partial charge in [0.1, 0.15) is 6.10 Å². The van der Waals surface area contributed by atoms with E-state index in [2.05, 4.69) is 21.3 Å². The van der Waals surface area contributed by atoms with Crippen molar-refractivity contribution in [3.05, 3.63) is 59.9 Å². The van der Waals surface area contributed by atoms with Gasteiger partial charge in [0.05, 0.1) is 0 Å². The van der Waals surface area contributed by atoms with Crippen LogP contribution in [0.2, 0.25) is 0 Å². The summed E-state index contributed by atoms with van der Waals surface area (Å²) in [4.78, 5) is 33.5. The summed E-state index contributed by atoms with van der Waals surface area (Å²) in [7, 11) is 0. The number of benzene rings is 1. The van der Waals surface area contributed by atoms with E-state index in [-0.39, 0.29) is 17.9 Å². The summed E-state index contributed by atoms with van der Waals surface area (Å²) in [6.07, 6.45) is 4.92. The van der Waals surface area contributed by atoms with Crippen molar-refractivity contribution in [2.75, 3.05) is 38.1 Å². The van der Waals surface area contributed by atoms with Crippen molar-refractivity contribution in [1.29, 1.82) is 0 Å². The summed E-state index contributed by atoms with van der Waals surface area (Å²) in [6.45, 7) is 4.51. The average Bonchev–Trinajstić information content (AvgIpc) is 3.30. The molecule has 1 aromatic heterocycles. The monoisotopic (exact) mass is 394 g/mol. The summed E-state index contributed by atoms with van der Waals surface area (Å²) < 4.78 is 5.42.